The van der Waals surface area contributed by atoms with E-state index in [0.717, 1.165) is 35.2 Å². The van der Waals surface area contributed by atoms with Gasteiger partial charge in [0, 0.05) is 18.5 Å². The van der Waals surface area contributed by atoms with Gasteiger partial charge in [0.25, 0.3) is 0 Å². The molecule has 2 aromatic rings. The number of nitrogens with zero attached hydrogens (tertiary/aromatic N) is 4. The van der Waals surface area contributed by atoms with Crippen molar-refractivity contribution in [2.24, 2.45) is 0 Å². The van der Waals surface area contributed by atoms with Crippen LogP contribution in [0.2, 0.25) is 0 Å². The first-order valence-electron chi connectivity index (χ1n) is 6.17. The molecule has 98 valence electrons. The van der Waals surface area contributed by atoms with Gasteiger partial charge in [-0.3, -0.25) is 0 Å². The molecule has 0 spiro atoms. The van der Waals surface area contributed by atoms with Gasteiger partial charge in [0.2, 0.25) is 0 Å². The standard InChI is InChI=1S/C14H17N5/c1-10-4-5-12-11(8-10)14(13(9-15)18-17-12)16-6-7-19(2)3/h4-5,8H,6-7H2,1-3H3,(H,16,17). The number of aromatic nitrogens is 2. The largest absolute Gasteiger partial charge is 0.381 e. The molecule has 1 N–H and O–H groups in total. The first-order chi connectivity index (χ1) is 9.11. The van der Waals surface area contributed by atoms with Gasteiger partial charge in [-0.1, -0.05) is 11.6 Å². The van der Waals surface area contributed by atoms with E-state index in [1.165, 1.54) is 0 Å². The molecular formula is C14H17N5. The molecule has 0 aliphatic carbocycles. The molecule has 0 radical (unpaired) electrons. The Morgan fingerprint density at radius 3 is 2.79 bits per heavy atom. The second kappa shape index (κ2) is 5.63. The summed E-state index contributed by atoms with van der Waals surface area (Å²) in [4.78, 5) is 2.08. The van der Waals surface area contributed by atoms with Crippen LogP contribution < -0.4 is 5.32 Å². The smallest absolute Gasteiger partial charge is 0.186 e. The highest BCUT2D eigenvalue weighted by Crippen LogP contribution is 2.24. The number of anilines is 1. The summed E-state index contributed by atoms with van der Waals surface area (Å²) in [5.74, 6) is 0. The monoisotopic (exact) mass is 255 g/mol. The van der Waals surface area contributed by atoms with Crippen LogP contribution in [0.25, 0.3) is 10.9 Å². The molecule has 5 heteroatoms. The van der Waals surface area contributed by atoms with E-state index in [1.54, 1.807) is 0 Å². The van der Waals surface area contributed by atoms with E-state index in [0.29, 0.717) is 5.69 Å². The van der Waals surface area contributed by atoms with Crippen molar-refractivity contribution in [3.63, 3.8) is 0 Å². The van der Waals surface area contributed by atoms with Gasteiger partial charge >= 0.3 is 0 Å². The average molecular weight is 255 g/mol. The Hall–Kier alpha value is -2.19. The number of likely N-dealkylation sites (N-methyl/N-ethyl adjacent to an activating group) is 1. The van der Waals surface area contributed by atoms with Crippen LogP contribution in [-0.2, 0) is 0 Å². The summed E-state index contributed by atoms with van der Waals surface area (Å²) in [5, 5.41) is 21.4. The van der Waals surface area contributed by atoms with Crippen molar-refractivity contribution >= 4 is 16.6 Å². The summed E-state index contributed by atoms with van der Waals surface area (Å²) < 4.78 is 0. The van der Waals surface area contributed by atoms with Crippen LogP contribution in [0.5, 0.6) is 0 Å². The quantitative estimate of drug-likeness (QED) is 0.902. The van der Waals surface area contributed by atoms with Gasteiger partial charge in [0.05, 0.1) is 11.2 Å². The fourth-order valence-corrected chi connectivity index (χ4v) is 1.88. The summed E-state index contributed by atoms with van der Waals surface area (Å²) in [6.45, 7) is 3.67. The van der Waals surface area contributed by atoms with Crippen LogP contribution in [0.4, 0.5) is 5.69 Å². The van der Waals surface area contributed by atoms with Crippen molar-refractivity contribution in [1.29, 1.82) is 5.26 Å². The normalized spacial score (nSPS) is 10.7. The van der Waals surface area contributed by atoms with Crippen LogP contribution in [0.1, 0.15) is 11.3 Å². The Balaban J connectivity index is 2.42. The lowest BCUT2D eigenvalue weighted by atomic mass is 10.1. The zero-order valence-electron chi connectivity index (χ0n) is 11.4. The number of nitriles is 1. The number of benzene rings is 1. The maximum Gasteiger partial charge on any atom is 0.186 e. The number of fused-ring (bicyclic) bond motifs is 1. The highest BCUT2D eigenvalue weighted by atomic mass is 15.1. The molecule has 19 heavy (non-hydrogen) atoms. The molecule has 0 amide bonds. The van der Waals surface area contributed by atoms with Crippen LogP contribution in [-0.4, -0.2) is 42.3 Å². The molecule has 0 fully saturated rings. The van der Waals surface area contributed by atoms with Crippen LogP contribution in [0.15, 0.2) is 18.2 Å². The molecule has 0 atom stereocenters. The Labute approximate surface area is 112 Å². The first kappa shape index (κ1) is 13.2. The van der Waals surface area contributed by atoms with E-state index >= 15 is 0 Å². The molecule has 0 saturated heterocycles. The van der Waals surface area contributed by atoms with E-state index in [-0.39, 0.29) is 0 Å². The summed E-state index contributed by atoms with van der Waals surface area (Å²) in [7, 11) is 4.03. The third-order valence-corrected chi connectivity index (χ3v) is 2.88. The maximum atomic E-state index is 9.15. The molecule has 0 aliphatic heterocycles. The zero-order chi connectivity index (χ0) is 13.8. The minimum Gasteiger partial charge on any atom is -0.381 e. The highest BCUT2D eigenvalue weighted by molar-refractivity contribution is 5.93. The lowest BCUT2D eigenvalue weighted by Crippen LogP contribution is -2.21. The van der Waals surface area contributed by atoms with Gasteiger partial charge in [0.15, 0.2) is 5.69 Å². The number of aryl methyl sites for hydroxylation is 1. The van der Waals surface area contributed by atoms with Crippen LogP contribution in [0.3, 0.4) is 0 Å². The number of nitrogens with one attached hydrogen (secondary N) is 1. The van der Waals surface area contributed by atoms with Gasteiger partial charge < -0.3 is 10.2 Å². The van der Waals surface area contributed by atoms with Crippen molar-refractivity contribution in [1.82, 2.24) is 15.1 Å². The molecule has 1 heterocycles. The third-order valence-electron chi connectivity index (χ3n) is 2.88. The molecule has 0 unspecified atom stereocenters. The minimum atomic E-state index is 0.344. The summed E-state index contributed by atoms with van der Waals surface area (Å²) in [5.41, 5.74) is 3.06. The van der Waals surface area contributed by atoms with E-state index in [9.17, 15) is 0 Å². The lowest BCUT2D eigenvalue weighted by molar-refractivity contribution is 0.425. The molecule has 1 aromatic carbocycles. The predicted octanol–water partition coefficient (Wildman–Crippen LogP) is 1.78. The second-order valence-corrected chi connectivity index (χ2v) is 4.79. The highest BCUT2D eigenvalue weighted by Gasteiger charge is 2.10. The minimum absolute atomic E-state index is 0.344. The Bertz CT molecular complexity index is 628. The Morgan fingerprint density at radius 1 is 1.32 bits per heavy atom. The van der Waals surface area contributed by atoms with Gasteiger partial charge in [-0.05, 0) is 33.2 Å². The lowest BCUT2D eigenvalue weighted by Gasteiger charge is -2.13. The first-order valence-corrected chi connectivity index (χ1v) is 6.17. The number of rotatable bonds is 4. The third kappa shape index (κ3) is 2.98. The van der Waals surface area contributed by atoms with Gasteiger partial charge in [-0.25, -0.2) is 0 Å². The van der Waals surface area contributed by atoms with Crippen molar-refractivity contribution in [2.75, 3.05) is 32.5 Å². The zero-order valence-corrected chi connectivity index (χ0v) is 11.4. The van der Waals surface area contributed by atoms with E-state index in [2.05, 4.69) is 26.5 Å². The van der Waals surface area contributed by atoms with Gasteiger partial charge in [-0.15, -0.1) is 10.2 Å². The van der Waals surface area contributed by atoms with Crippen molar-refractivity contribution < 1.29 is 0 Å². The predicted molar refractivity (Wildman–Crippen MR) is 76.0 cm³/mol. The fourth-order valence-electron chi connectivity index (χ4n) is 1.88. The van der Waals surface area contributed by atoms with Crippen LogP contribution in [0, 0.1) is 18.3 Å². The summed E-state index contributed by atoms with van der Waals surface area (Å²) in [6.07, 6.45) is 0. The molecule has 0 bridgehead atoms. The van der Waals surface area contributed by atoms with Gasteiger partial charge in [-0.2, -0.15) is 5.26 Å². The summed E-state index contributed by atoms with van der Waals surface area (Å²) in [6, 6.07) is 8.05. The topological polar surface area (TPSA) is 64.8 Å². The van der Waals surface area contributed by atoms with Crippen molar-refractivity contribution in [3.8, 4) is 6.07 Å². The molecule has 0 aliphatic rings. The van der Waals surface area contributed by atoms with Crippen LogP contribution >= 0.6 is 0 Å². The SMILES string of the molecule is Cc1ccc2nnc(C#N)c(NCCN(C)C)c2c1. The second-order valence-electron chi connectivity index (χ2n) is 4.79. The number of hydrogen-bond acceptors (Lipinski definition) is 5. The van der Waals surface area contributed by atoms with Crippen molar-refractivity contribution in [3.05, 3.63) is 29.5 Å². The molecule has 0 saturated carbocycles. The Morgan fingerprint density at radius 2 is 2.11 bits per heavy atom. The molecule has 5 nitrogen and oxygen atoms in total. The molecule has 2 rings (SSSR count). The molecular weight excluding hydrogens is 238 g/mol. The van der Waals surface area contributed by atoms with Crippen molar-refractivity contribution in [2.45, 2.75) is 6.92 Å². The Kier molecular flexibility index (Phi) is 3.93. The van der Waals surface area contributed by atoms with Gasteiger partial charge in [0.1, 0.15) is 6.07 Å². The van der Waals surface area contributed by atoms with E-state index < -0.39 is 0 Å². The molecule has 1 aromatic heterocycles. The fraction of sp³-hybridized carbons (Fsp3) is 0.357. The average Bonchev–Trinajstić information content (AvgIpc) is 2.38. The van der Waals surface area contributed by atoms with E-state index in [1.807, 2.05) is 39.2 Å². The maximum absolute atomic E-state index is 9.15. The number of hydrogen-bond donors (Lipinski definition) is 1. The summed E-state index contributed by atoms with van der Waals surface area (Å²) >= 11 is 0. The van der Waals surface area contributed by atoms with E-state index in [4.69, 9.17) is 5.26 Å².